The van der Waals surface area contributed by atoms with Gasteiger partial charge in [0.05, 0.1) is 0 Å². The first-order valence-electron chi connectivity index (χ1n) is 5.98. The van der Waals surface area contributed by atoms with E-state index in [1.165, 1.54) is 11.0 Å². The molecule has 0 aromatic carbocycles. The van der Waals surface area contributed by atoms with E-state index in [9.17, 15) is 9.59 Å². The van der Waals surface area contributed by atoms with Crippen LogP contribution in [0, 0.1) is 12.3 Å². The first-order valence-corrected chi connectivity index (χ1v) is 6.36. The zero-order chi connectivity index (χ0) is 12.6. The van der Waals surface area contributed by atoms with Crippen LogP contribution in [0.15, 0.2) is 9.59 Å². The largest absolute Gasteiger partial charge is 0.329 e. The third-order valence-corrected chi connectivity index (χ3v) is 4.39. The molecule has 0 spiro atoms. The molecule has 1 saturated carbocycles. The van der Waals surface area contributed by atoms with E-state index in [4.69, 9.17) is 11.6 Å². The molecule has 0 bridgehead atoms. The van der Waals surface area contributed by atoms with Crippen molar-refractivity contribution in [1.29, 1.82) is 0 Å². The lowest BCUT2D eigenvalue weighted by Crippen LogP contribution is -2.44. The maximum Gasteiger partial charge on any atom is 0.329 e. The van der Waals surface area contributed by atoms with Crippen LogP contribution in [0.3, 0.4) is 0 Å². The molecular weight excluding hydrogens is 240 g/mol. The molecule has 1 aromatic rings. The smallest absolute Gasteiger partial charge is 0.297 e. The lowest BCUT2D eigenvalue weighted by Gasteiger charge is -2.41. The number of halogens is 1. The minimum absolute atomic E-state index is 0.136. The van der Waals surface area contributed by atoms with E-state index >= 15 is 0 Å². The predicted octanol–water partition coefficient (Wildman–Crippen LogP) is 2.08. The van der Waals surface area contributed by atoms with Crippen molar-refractivity contribution < 1.29 is 0 Å². The second-order valence-electron chi connectivity index (χ2n) is 4.97. The van der Waals surface area contributed by atoms with Crippen LogP contribution < -0.4 is 11.2 Å². The second-order valence-corrected chi connectivity index (χ2v) is 5.35. The standard InChI is InChI=1S/C12H17ClN2O2/c1-3-12(5-4-6-12)7-15-10(16)8(2)9(13)14-11(15)17/h3-7H2,1-2H3,(H,14,17). The van der Waals surface area contributed by atoms with Gasteiger partial charge in [-0.1, -0.05) is 24.9 Å². The van der Waals surface area contributed by atoms with Gasteiger partial charge in [0.2, 0.25) is 0 Å². The maximum atomic E-state index is 12.0. The molecule has 1 aliphatic carbocycles. The number of nitrogens with zero attached hydrogens (tertiary/aromatic N) is 1. The van der Waals surface area contributed by atoms with Gasteiger partial charge >= 0.3 is 5.69 Å². The average Bonchev–Trinajstić information content (AvgIpc) is 2.24. The van der Waals surface area contributed by atoms with Crippen molar-refractivity contribution in [2.45, 2.75) is 46.1 Å². The second kappa shape index (κ2) is 4.33. The molecule has 0 atom stereocenters. The number of hydrogen-bond donors (Lipinski definition) is 1. The highest BCUT2D eigenvalue weighted by Gasteiger charge is 2.36. The van der Waals surface area contributed by atoms with Gasteiger partial charge in [-0.15, -0.1) is 0 Å². The van der Waals surface area contributed by atoms with Crippen LogP contribution in [0.4, 0.5) is 0 Å². The van der Waals surface area contributed by atoms with E-state index in [1.54, 1.807) is 6.92 Å². The van der Waals surface area contributed by atoms with Crippen molar-refractivity contribution in [3.8, 4) is 0 Å². The van der Waals surface area contributed by atoms with Crippen LogP contribution in [-0.2, 0) is 6.54 Å². The Balaban J connectivity index is 2.43. The van der Waals surface area contributed by atoms with Crippen LogP contribution in [0.5, 0.6) is 0 Å². The third kappa shape index (κ3) is 2.06. The average molecular weight is 257 g/mol. The van der Waals surface area contributed by atoms with Crippen LogP contribution >= 0.6 is 11.6 Å². The zero-order valence-electron chi connectivity index (χ0n) is 10.2. The van der Waals surface area contributed by atoms with Gasteiger partial charge in [-0.25, -0.2) is 4.79 Å². The molecule has 17 heavy (non-hydrogen) atoms. The summed E-state index contributed by atoms with van der Waals surface area (Å²) in [5.74, 6) is 0. The fraction of sp³-hybridized carbons (Fsp3) is 0.667. The number of hydrogen-bond acceptors (Lipinski definition) is 2. The van der Waals surface area contributed by atoms with Gasteiger partial charge in [0.15, 0.2) is 0 Å². The molecule has 1 aromatic heterocycles. The summed E-state index contributed by atoms with van der Waals surface area (Å²) in [5, 5.41) is 0.149. The summed E-state index contributed by atoms with van der Waals surface area (Å²) in [5.41, 5.74) is -0.113. The molecule has 1 fully saturated rings. The van der Waals surface area contributed by atoms with Gasteiger partial charge in [0.25, 0.3) is 5.56 Å². The number of nitrogens with one attached hydrogen (secondary N) is 1. The quantitative estimate of drug-likeness (QED) is 0.842. The van der Waals surface area contributed by atoms with Crippen molar-refractivity contribution in [2.24, 2.45) is 5.41 Å². The number of aromatic nitrogens is 2. The molecule has 0 amide bonds. The predicted molar refractivity (Wildman–Crippen MR) is 67.6 cm³/mol. The van der Waals surface area contributed by atoms with E-state index in [-0.39, 0.29) is 16.1 Å². The van der Waals surface area contributed by atoms with Crippen LogP contribution in [0.2, 0.25) is 5.15 Å². The van der Waals surface area contributed by atoms with Crippen molar-refractivity contribution in [1.82, 2.24) is 9.55 Å². The number of H-pyrrole nitrogens is 1. The highest BCUT2D eigenvalue weighted by Crippen LogP contribution is 2.44. The van der Waals surface area contributed by atoms with E-state index in [1.807, 2.05) is 0 Å². The molecule has 0 unspecified atom stereocenters. The third-order valence-electron chi connectivity index (χ3n) is 4.01. The number of rotatable bonds is 3. The number of aromatic amines is 1. The Morgan fingerprint density at radius 2 is 2.06 bits per heavy atom. The van der Waals surface area contributed by atoms with Crippen LogP contribution in [-0.4, -0.2) is 9.55 Å². The summed E-state index contributed by atoms with van der Waals surface area (Å²) in [6.07, 6.45) is 4.38. The summed E-state index contributed by atoms with van der Waals surface area (Å²) >= 11 is 5.78. The minimum atomic E-state index is -0.398. The first-order chi connectivity index (χ1) is 7.99. The fourth-order valence-corrected chi connectivity index (χ4v) is 2.58. The Morgan fingerprint density at radius 1 is 1.41 bits per heavy atom. The summed E-state index contributed by atoms with van der Waals surface area (Å²) in [6.45, 7) is 4.26. The van der Waals surface area contributed by atoms with E-state index in [2.05, 4.69) is 11.9 Å². The zero-order valence-corrected chi connectivity index (χ0v) is 10.9. The lowest BCUT2D eigenvalue weighted by molar-refractivity contribution is 0.0967. The monoisotopic (exact) mass is 256 g/mol. The van der Waals surface area contributed by atoms with Crippen molar-refractivity contribution in [3.63, 3.8) is 0 Å². The SMILES string of the molecule is CCC1(Cn2c(=O)[nH]c(Cl)c(C)c2=O)CCC1. The molecule has 0 aliphatic heterocycles. The fourth-order valence-electron chi connectivity index (χ4n) is 2.42. The van der Waals surface area contributed by atoms with Gasteiger partial charge < -0.3 is 0 Å². The van der Waals surface area contributed by atoms with Gasteiger partial charge in [-0.3, -0.25) is 14.3 Å². The Bertz CT molecular complexity index is 535. The molecule has 94 valence electrons. The minimum Gasteiger partial charge on any atom is -0.297 e. The molecule has 0 radical (unpaired) electrons. The highest BCUT2D eigenvalue weighted by molar-refractivity contribution is 6.30. The Morgan fingerprint density at radius 3 is 2.53 bits per heavy atom. The Hall–Kier alpha value is -1.03. The Kier molecular flexibility index (Phi) is 3.17. The molecule has 1 N–H and O–H groups in total. The summed E-state index contributed by atoms with van der Waals surface area (Å²) in [7, 11) is 0. The lowest BCUT2D eigenvalue weighted by atomic mass is 9.67. The Labute approximate surface area is 105 Å². The van der Waals surface area contributed by atoms with Gasteiger partial charge in [0, 0.05) is 12.1 Å². The molecular formula is C12H17ClN2O2. The molecule has 1 heterocycles. The van der Waals surface area contributed by atoms with Crippen molar-refractivity contribution in [2.75, 3.05) is 0 Å². The van der Waals surface area contributed by atoms with Crippen LogP contribution in [0.25, 0.3) is 0 Å². The highest BCUT2D eigenvalue weighted by atomic mass is 35.5. The molecule has 0 saturated heterocycles. The molecule has 4 nitrogen and oxygen atoms in total. The summed E-state index contributed by atoms with van der Waals surface area (Å²) < 4.78 is 1.30. The topological polar surface area (TPSA) is 54.9 Å². The maximum absolute atomic E-state index is 12.0. The van der Waals surface area contributed by atoms with E-state index in [0.717, 1.165) is 19.3 Å². The first kappa shape index (κ1) is 12.4. The van der Waals surface area contributed by atoms with Gasteiger partial charge in [-0.2, -0.15) is 0 Å². The van der Waals surface area contributed by atoms with E-state index < -0.39 is 5.69 Å². The summed E-state index contributed by atoms with van der Waals surface area (Å²) in [6, 6.07) is 0. The van der Waals surface area contributed by atoms with Crippen molar-refractivity contribution >= 4 is 11.6 Å². The van der Waals surface area contributed by atoms with Crippen LogP contribution in [0.1, 0.15) is 38.2 Å². The molecule has 2 rings (SSSR count). The summed E-state index contributed by atoms with van der Waals surface area (Å²) in [4.78, 5) is 26.3. The van der Waals surface area contributed by atoms with Gasteiger partial charge in [0.1, 0.15) is 5.15 Å². The van der Waals surface area contributed by atoms with E-state index in [0.29, 0.717) is 12.1 Å². The van der Waals surface area contributed by atoms with Gasteiger partial charge in [-0.05, 0) is 31.6 Å². The van der Waals surface area contributed by atoms with Crippen molar-refractivity contribution in [3.05, 3.63) is 31.6 Å². The molecule has 5 heteroatoms. The molecule has 1 aliphatic rings. The normalized spacial score (nSPS) is 17.8.